The fourth-order valence-electron chi connectivity index (χ4n) is 1.85. The second kappa shape index (κ2) is 10.3. The van der Waals surface area contributed by atoms with Gasteiger partial charge in [0.15, 0.2) is 0 Å². The van der Waals surface area contributed by atoms with Crippen molar-refractivity contribution < 1.29 is 0 Å². The summed E-state index contributed by atoms with van der Waals surface area (Å²) in [5.74, 6) is 0. The Morgan fingerprint density at radius 3 is 1.96 bits per heavy atom. The molecule has 1 atom stereocenters. The van der Waals surface area contributed by atoms with Crippen LogP contribution < -0.4 is 5.32 Å². The summed E-state index contributed by atoms with van der Waals surface area (Å²) in [5.41, 5.74) is 7.07. The third-order valence-electron chi connectivity index (χ3n) is 4.18. The molecular formula is C19H34N4. The van der Waals surface area contributed by atoms with Crippen LogP contribution in [0.1, 0.15) is 68.2 Å². The van der Waals surface area contributed by atoms with Crippen LogP contribution in [0, 0.1) is 5.41 Å². The van der Waals surface area contributed by atoms with Gasteiger partial charge in [-0.05, 0) is 75.3 Å². The van der Waals surface area contributed by atoms with Gasteiger partial charge >= 0.3 is 0 Å². The van der Waals surface area contributed by atoms with Gasteiger partial charge in [0.2, 0.25) is 0 Å². The zero-order valence-electron chi connectivity index (χ0n) is 16.4. The summed E-state index contributed by atoms with van der Waals surface area (Å²) in [5, 5.41) is 10.8. The van der Waals surface area contributed by atoms with Crippen molar-refractivity contribution in [1.29, 1.82) is 5.41 Å². The molecule has 0 aromatic carbocycles. The quantitative estimate of drug-likeness (QED) is 0.613. The maximum Gasteiger partial charge on any atom is 0.0580 e. The Morgan fingerprint density at radius 1 is 0.957 bits per heavy atom. The van der Waals surface area contributed by atoms with Crippen LogP contribution in [0.25, 0.3) is 0 Å². The van der Waals surface area contributed by atoms with E-state index in [1.807, 2.05) is 20.9 Å². The third-order valence-corrected chi connectivity index (χ3v) is 4.18. The molecule has 0 aliphatic rings. The lowest BCUT2D eigenvalue weighted by molar-refractivity contribution is 0.755. The first kappa shape index (κ1) is 21.4. The molecule has 0 heterocycles. The summed E-state index contributed by atoms with van der Waals surface area (Å²) < 4.78 is 0. The van der Waals surface area contributed by atoms with E-state index < -0.39 is 0 Å². The summed E-state index contributed by atoms with van der Waals surface area (Å²) in [4.78, 5) is 9.32. The first-order chi connectivity index (χ1) is 10.6. The van der Waals surface area contributed by atoms with Gasteiger partial charge < -0.3 is 10.7 Å². The molecule has 4 heteroatoms. The number of hydrogen-bond donors (Lipinski definition) is 2. The molecule has 23 heavy (non-hydrogen) atoms. The van der Waals surface area contributed by atoms with Crippen LogP contribution in [0.5, 0.6) is 0 Å². The van der Waals surface area contributed by atoms with Crippen LogP contribution in [0.15, 0.2) is 32.5 Å². The van der Waals surface area contributed by atoms with Crippen LogP contribution in [0.3, 0.4) is 0 Å². The Balaban J connectivity index is 5.14. The van der Waals surface area contributed by atoms with Gasteiger partial charge in [-0.25, -0.2) is 0 Å². The van der Waals surface area contributed by atoms with Crippen LogP contribution in [0.4, 0.5) is 0 Å². The van der Waals surface area contributed by atoms with E-state index in [9.17, 15) is 0 Å². The zero-order valence-corrected chi connectivity index (χ0v) is 16.4. The SMILES string of the molecule is CNC(C)C(C)=NC(CC/C(C)=C(\C)N=C(C)C(C)=N)=C(C)C. The van der Waals surface area contributed by atoms with Crippen molar-refractivity contribution in [2.75, 3.05) is 7.05 Å². The molecular weight excluding hydrogens is 284 g/mol. The van der Waals surface area contributed by atoms with Gasteiger partial charge in [0.05, 0.1) is 5.71 Å². The Hall–Kier alpha value is -1.55. The highest BCUT2D eigenvalue weighted by atomic mass is 14.9. The van der Waals surface area contributed by atoms with Crippen LogP contribution >= 0.6 is 0 Å². The second-order valence-electron chi connectivity index (χ2n) is 6.40. The van der Waals surface area contributed by atoms with Crippen LogP contribution in [-0.4, -0.2) is 30.2 Å². The number of aliphatic imine (C=N–C) groups is 2. The van der Waals surface area contributed by atoms with E-state index in [4.69, 9.17) is 10.4 Å². The molecule has 0 spiro atoms. The number of allylic oxidation sites excluding steroid dienone is 4. The lowest BCUT2D eigenvalue weighted by atomic mass is 10.1. The van der Waals surface area contributed by atoms with Gasteiger partial charge in [-0.1, -0.05) is 11.1 Å². The summed E-state index contributed by atoms with van der Waals surface area (Å²) in [7, 11) is 1.95. The molecule has 0 aromatic rings. The maximum absolute atomic E-state index is 7.61. The molecule has 2 N–H and O–H groups in total. The van der Waals surface area contributed by atoms with Crippen molar-refractivity contribution in [2.24, 2.45) is 9.98 Å². The fraction of sp³-hybridized carbons (Fsp3) is 0.632. The van der Waals surface area contributed by atoms with E-state index in [1.165, 1.54) is 11.1 Å². The normalized spacial score (nSPS) is 15.2. The highest BCUT2D eigenvalue weighted by Crippen LogP contribution is 2.19. The molecule has 0 amide bonds. The van der Waals surface area contributed by atoms with E-state index >= 15 is 0 Å². The highest BCUT2D eigenvalue weighted by molar-refractivity contribution is 6.39. The molecule has 0 rings (SSSR count). The largest absolute Gasteiger partial charge is 0.312 e. The zero-order chi connectivity index (χ0) is 18.2. The molecule has 4 nitrogen and oxygen atoms in total. The Kier molecular flexibility index (Phi) is 9.58. The molecule has 0 bridgehead atoms. The number of nitrogens with zero attached hydrogens (tertiary/aromatic N) is 2. The minimum absolute atomic E-state index is 0.283. The molecule has 0 fully saturated rings. The van der Waals surface area contributed by atoms with Crippen LogP contribution in [-0.2, 0) is 0 Å². The van der Waals surface area contributed by atoms with Gasteiger partial charge in [0.1, 0.15) is 0 Å². The van der Waals surface area contributed by atoms with Crippen molar-refractivity contribution in [2.45, 2.75) is 74.3 Å². The van der Waals surface area contributed by atoms with Crippen molar-refractivity contribution >= 4 is 17.1 Å². The third kappa shape index (κ3) is 8.03. The summed E-state index contributed by atoms with van der Waals surface area (Å²) in [6.45, 7) is 16.2. The fourth-order valence-corrected chi connectivity index (χ4v) is 1.85. The van der Waals surface area contributed by atoms with Gasteiger partial charge in [-0.3, -0.25) is 9.98 Å². The van der Waals surface area contributed by atoms with Crippen molar-refractivity contribution in [3.05, 3.63) is 22.5 Å². The number of nitrogens with one attached hydrogen (secondary N) is 2. The average Bonchev–Trinajstić information content (AvgIpc) is 2.49. The Labute approximate surface area is 142 Å². The summed E-state index contributed by atoms with van der Waals surface area (Å²) in [6, 6.07) is 0.283. The van der Waals surface area contributed by atoms with Gasteiger partial charge in [-0.15, -0.1) is 0 Å². The average molecular weight is 319 g/mol. The summed E-state index contributed by atoms with van der Waals surface area (Å²) in [6.07, 6.45) is 1.85. The van der Waals surface area contributed by atoms with E-state index in [-0.39, 0.29) is 6.04 Å². The smallest absolute Gasteiger partial charge is 0.0580 e. The maximum atomic E-state index is 7.61. The second-order valence-corrected chi connectivity index (χ2v) is 6.40. The lowest BCUT2D eigenvalue weighted by Gasteiger charge is -2.13. The predicted octanol–water partition coefficient (Wildman–Crippen LogP) is 4.92. The molecule has 1 unspecified atom stereocenters. The van der Waals surface area contributed by atoms with Crippen molar-refractivity contribution in [3.8, 4) is 0 Å². The molecule has 0 aromatic heterocycles. The van der Waals surface area contributed by atoms with Gasteiger partial charge in [-0.2, -0.15) is 0 Å². The first-order valence-corrected chi connectivity index (χ1v) is 8.26. The molecule has 0 aliphatic carbocycles. The van der Waals surface area contributed by atoms with E-state index in [0.29, 0.717) is 5.71 Å². The number of rotatable bonds is 8. The molecule has 130 valence electrons. The Bertz CT molecular complexity index is 544. The standard InChI is InChI=1S/C19H34N4/c1-12(2)19(23-18(8)17(7)21-9)11-10-13(3)15(5)22-16(6)14(4)20/h17,20-21H,10-11H2,1-9H3/b15-13+,20-14?,22-16?,23-18?. The van der Waals surface area contributed by atoms with Gasteiger partial charge in [0.25, 0.3) is 0 Å². The molecule has 0 aliphatic heterocycles. The molecule has 0 radical (unpaired) electrons. The molecule has 0 saturated carbocycles. The lowest BCUT2D eigenvalue weighted by Crippen LogP contribution is -2.28. The Morgan fingerprint density at radius 2 is 1.52 bits per heavy atom. The van der Waals surface area contributed by atoms with E-state index in [0.717, 1.165) is 35.7 Å². The van der Waals surface area contributed by atoms with Crippen molar-refractivity contribution in [1.82, 2.24) is 5.32 Å². The predicted molar refractivity (Wildman–Crippen MR) is 104 cm³/mol. The monoisotopic (exact) mass is 318 g/mol. The summed E-state index contributed by atoms with van der Waals surface area (Å²) >= 11 is 0. The van der Waals surface area contributed by atoms with E-state index in [2.05, 4.69) is 44.9 Å². The minimum Gasteiger partial charge on any atom is -0.312 e. The van der Waals surface area contributed by atoms with Crippen molar-refractivity contribution in [3.63, 3.8) is 0 Å². The van der Waals surface area contributed by atoms with Crippen LogP contribution in [0.2, 0.25) is 0 Å². The highest BCUT2D eigenvalue weighted by Gasteiger charge is 2.06. The van der Waals surface area contributed by atoms with E-state index in [1.54, 1.807) is 6.92 Å². The number of hydrogen-bond acceptors (Lipinski definition) is 4. The minimum atomic E-state index is 0.283. The van der Waals surface area contributed by atoms with Gasteiger partial charge in [0, 0.05) is 28.9 Å². The molecule has 0 saturated heterocycles. The first-order valence-electron chi connectivity index (χ1n) is 8.26. The topological polar surface area (TPSA) is 60.6 Å².